The van der Waals surface area contributed by atoms with Crippen molar-refractivity contribution >= 4 is 0 Å². The molecule has 0 amide bonds. The van der Waals surface area contributed by atoms with Gasteiger partial charge in [0.05, 0.1) is 25.7 Å². The van der Waals surface area contributed by atoms with Gasteiger partial charge in [0, 0.05) is 6.42 Å². The molecular formula is C14H14O5. The Morgan fingerprint density at radius 3 is 3.00 bits per heavy atom. The number of aliphatic hydroxyl groups excluding tert-OH is 1. The van der Waals surface area contributed by atoms with Crippen LogP contribution in [0.25, 0.3) is 0 Å². The molecule has 1 aliphatic heterocycles. The van der Waals surface area contributed by atoms with Crippen LogP contribution in [0, 0.1) is 0 Å². The average Bonchev–Trinajstić information content (AvgIpc) is 3.07. The lowest BCUT2D eigenvalue weighted by Gasteiger charge is -2.13. The predicted octanol–water partition coefficient (Wildman–Crippen LogP) is 2.29. The molecule has 0 aliphatic carbocycles. The molecule has 0 bridgehead atoms. The molecule has 3 rings (SSSR count). The third kappa shape index (κ3) is 2.24. The first-order chi connectivity index (χ1) is 9.28. The van der Waals surface area contributed by atoms with Crippen molar-refractivity contribution in [3.8, 4) is 17.2 Å². The smallest absolute Gasteiger partial charge is 0.231 e. The van der Waals surface area contributed by atoms with E-state index in [0.717, 1.165) is 11.1 Å². The Bertz CT molecular complexity index is 561. The maximum absolute atomic E-state index is 10.2. The van der Waals surface area contributed by atoms with E-state index in [9.17, 15) is 5.11 Å². The number of methoxy groups -OCH3 is 1. The van der Waals surface area contributed by atoms with Crippen LogP contribution in [0.15, 0.2) is 35.1 Å². The molecule has 5 heteroatoms. The average molecular weight is 262 g/mol. The van der Waals surface area contributed by atoms with Gasteiger partial charge < -0.3 is 23.7 Å². The first-order valence-electron chi connectivity index (χ1n) is 5.94. The third-order valence-corrected chi connectivity index (χ3v) is 3.07. The summed E-state index contributed by atoms with van der Waals surface area (Å²) in [5.41, 5.74) is 1.66. The summed E-state index contributed by atoms with van der Waals surface area (Å²) in [5, 5.41) is 10.2. The van der Waals surface area contributed by atoms with Gasteiger partial charge in [-0.1, -0.05) is 0 Å². The fourth-order valence-corrected chi connectivity index (χ4v) is 2.09. The Labute approximate surface area is 110 Å². The molecule has 0 fully saturated rings. The van der Waals surface area contributed by atoms with E-state index >= 15 is 0 Å². The number of hydrogen-bond donors (Lipinski definition) is 1. The molecule has 0 radical (unpaired) electrons. The van der Waals surface area contributed by atoms with E-state index in [-0.39, 0.29) is 6.79 Å². The molecule has 1 aromatic carbocycles. The van der Waals surface area contributed by atoms with Gasteiger partial charge in [-0.15, -0.1) is 0 Å². The van der Waals surface area contributed by atoms with Gasteiger partial charge in [-0.2, -0.15) is 0 Å². The highest BCUT2D eigenvalue weighted by Crippen LogP contribution is 2.43. The van der Waals surface area contributed by atoms with E-state index in [1.807, 2.05) is 6.07 Å². The van der Waals surface area contributed by atoms with E-state index in [4.69, 9.17) is 18.6 Å². The van der Waals surface area contributed by atoms with Crippen LogP contribution in [0.1, 0.15) is 17.2 Å². The number of ether oxygens (including phenoxy) is 3. The van der Waals surface area contributed by atoms with Crippen LogP contribution in [0.3, 0.4) is 0 Å². The third-order valence-electron chi connectivity index (χ3n) is 3.07. The van der Waals surface area contributed by atoms with Gasteiger partial charge >= 0.3 is 0 Å². The largest absolute Gasteiger partial charge is 0.493 e. The van der Waals surface area contributed by atoms with Crippen molar-refractivity contribution in [1.29, 1.82) is 0 Å². The molecule has 19 heavy (non-hydrogen) atoms. The fraction of sp³-hybridized carbons (Fsp3) is 0.286. The van der Waals surface area contributed by atoms with Crippen molar-refractivity contribution in [1.82, 2.24) is 0 Å². The SMILES string of the molecule is COc1cc(C(O)Cc2ccoc2)cc2c1OCO2. The molecule has 0 saturated carbocycles. The summed E-state index contributed by atoms with van der Waals surface area (Å²) in [7, 11) is 1.56. The molecule has 0 saturated heterocycles. The molecule has 2 aromatic rings. The minimum atomic E-state index is -0.652. The van der Waals surface area contributed by atoms with Crippen molar-refractivity contribution in [2.75, 3.05) is 13.9 Å². The van der Waals surface area contributed by atoms with Crippen LogP contribution in [-0.4, -0.2) is 19.0 Å². The first-order valence-corrected chi connectivity index (χ1v) is 5.94. The zero-order valence-electron chi connectivity index (χ0n) is 10.5. The van der Waals surface area contributed by atoms with Crippen LogP contribution < -0.4 is 14.2 Å². The van der Waals surface area contributed by atoms with E-state index in [0.29, 0.717) is 23.7 Å². The molecule has 1 N–H and O–H groups in total. The lowest BCUT2D eigenvalue weighted by molar-refractivity contribution is 0.170. The van der Waals surface area contributed by atoms with E-state index in [1.165, 1.54) is 0 Å². The Kier molecular flexibility index (Phi) is 3.05. The van der Waals surface area contributed by atoms with Crippen molar-refractivity contribution in [2.45, 2.75) is 12.5 Å². The highest BCUT2D eigenvalue weighted by atomic mass is 16.7. The molecule has 1 aliphatic rings. The van der Waals surface area contributed by atoms with Crippen LogP contribution in [-0.2, 0) is 6.42 Å². The number of aliphatic hydroxyl groups is 1. The summed E-state index contributed by atoms with van der Waals surface area (Å²) in [4.78, 5) is 0. The second-order valence-corrected chi connectivity index (χ2v) is 4.31. The molecule has 0 spiro atoms. The van der Waals surface area contributed by atoms with Crippen molar-refractivity contribution < 1.29 is 23.7 Å². The summed E-state index contributed by atoms with van der Waals surface area (Å²) in [6.07, 6.45) is 3.02. The predicted molar refractivity (Wildman–Crippen MR) is 66.5 cm³/mol. The number of benzene rings is 1. The first kappa shape index (κ1) is 11.9. The van der Waals surface area contributed by atoms with Gasteiger partial charge in [-0.05, 0) is 29.3 Å². The molecule has 1 unspecified atom stereocenters. The molecule has 1 aromatic heterocycles. The number of hydrogen-bond acceptors (Lipinski definition) is 5. The van der Waals surface area contributed by atoms with Gasteiger partial charge in [0.1, 0.15) is 0 Å². The molecule has 1 atom stereocenters. The standard InChI is InChI=1S/C14H14O5/c1-16-12-5-10(6-13-14(12)19-8-18-13)11(15)4-9-2-3-17-7-9/h2-3,5-7,11,15H,4,8H2,1H3. The summed E-state index contributed by atoms with van der Waals surface area (Å²) in [6, 6.07) is 5.36. The maximum atomic E-state index is 10.2. The second kappa shape index (κ2) is 4.85. The molecular weight excluding hydrogens is 248 g/mol. The highest BCUT2D eigenvalue weighted by molar-refractivity contribution is 5.55. The zero-order valence-corrected chi connectivity index (χ0v) is 10.5. The van der Waals surface area contributed by atoms with E-state index in [2.05, 4.69) is 0 Å². The maximum Gasteiger partial charge on any atom is 0.231 e. The minimum Gasteiger partial charge on any atom is -0.493 e. The van der Waals surface area contributed by atoms with Crippen LogP contribution in [0.5, 0.6) is 17.2 Å². The summed E-state index contributed by atoms with van der Waals surface area (Å²) < 4.78 is 20.9. The Morgan fingerprint density at radius 1 is 1.37 bits per heavy atom. The molecule has 2 heterocycles. The van der Waals surface area contributed by atoms with Crippen molar-refractivity contribution in [3.05, 3.63) is 41.9 Å². The highest BCUT2D eigenvalue weighted by Gasteiger charge is 2.22. The zero-order chi connectivity index (χ0) is 13.2. The normalized spacial score (nSPS) is 14.4. The van der Waals surface area contributed by atoms with Gasteiger partial charge in [0.15, 0.2) is 11.5 Å². The van der Waals surface area contributed by atoms with Crippen LogP contribution in [0.4, 0.5) is 0 Å². The van der Waals surface area contributed by atoms with Gasteiger partial charge in [0.2, 0.25) is 12.5 Å². The number of fused-ring (bicyclic) bond motifs is 1. The fourth-order valence-electron chi connectivity index (χ4n) is 2.09. The topological polar surface area (TPSA) is 61.1 Å². The molecule has 100 valence electrons. The van der Waals surface area contributed by atoms with E-state index < -0.39 is 6.10 Å². The van der Waals surface area contributed by atoms with Crippen LogP contribution in [0.2, 0.25) is 0 Å². The summed E-state index contributed by atoms with van der Waals surface area (Å²) >= 11 is 0. The van der Waals surface area contributed by atoms with Crippen LogP contribution >= 0.6 is 0 Å². The Morgan fingerprint density at radius 2 is 2.26 bits per heavy atom. The Balaban J connectivity index is 1.88. The van der Waals surface area contributed by atoms with Gasteiger partial charge in [0.25, 0.3) is 0 Å². The quantitative estimate of drug-likeness (QED) is 0.916. The second-order valence-electron chi connectivity index (χ2n) is 4.31. The lowest BCUT2D eigenvalue weighted by Crippen LogP contribution is -2.01. The Hall–Kier alpha value is -2.14. The van der Waals surface area contributed by atoms with Gasteiger partial charge in [-0.25, -0.2) is 0 Å². The monoisotopic (exact) mass is 262 g/mol. The number of rotatable bonds is 4. The van der Waals surface area contributed by atoms with Crippen molar-refractivity contribution in [2.24, 2.45) is 0 Å². The lowest BCUT2D eigenvalue weighted by atomic mass is 10.0. The van der Waals surface area contributed by atoms with Gasteiger partial charge in [-0.3, -0.25) is 0 Å². The summed E-state index contributed by atoms with van der Waals surface area (Å²) in [6.45, 7) is 0.174. The van der Waals surface area contributed by atoms with E-state index in [1.54, 1.807) is 31.8 Å². The van der Waals surface area contributed by atoms with Crippen molar-refractivity contribution in [3.63, 3.8) is 0 Å². The number of furan rings is 1. The molecule has 5 nitrogen and oxygen atoms in total. The minimum absolute atomic E-state index is 0.174. The summed E-state index contributed by atoms with van der Waals surface area (Å²) in [5.74, 6) is 1.75.